The number of methoxy groups -OCH3 is 2. The van der Waals surface area contributed by atoms with Crippen molar-refractivity contribution in [3.05, 3.63) is 72.3 Å². The van der Waals surface area contributed by atoms with Crippen LogP contribution < -0.4 is 19.5 Å². The molecule has 0 aliphatic carbocycles. The quantitative estimate of drug-likeness (QED) is 0.341. The maximum atomic E-state index is 13.3. The Morgan fingerprint density at radius 2 is 1.66 bits per heavy atom. The highest BCUT2D eigenvalue weighted by Gasteiger charge is 2.25. The molecule has 182 valence electrons. The Balaban J connectivity index is 1.65. The summed E-state index contributed by atoms with van der Waals surface area (Å²) in [4.78, 5) is 18.0. The van der Waals surface area contributed by atoms with Crippen molar-refractivity contribution in [2.24, 2.45) is 0 Å². The normalized spacial score (nSPS) is 12.2. The number of hydrogen-bond acceptors (Lipinski definition) is 8. The molecule has 0 aliphatic rings. The fourth-order valence-electron chi connectivity index (χ4n) is 3.40. The van der Waals surface area contributed by atoms with Crippen molar-refractivity contribution >= 4 is 42.4 Å². The fourth-order valence-corrected chi connectivity index (χ4v) is 5.17. The lowest BCUT2D eigenvalue weighted by atomic mass is 10.1. The van der Waals surface area contributed by atoms with Crippen LogP contribution in [0.25, 0.3) is 10.2 Å². The molecule has 1 N–H and O–H groups in total. The van der Waals surface area contributed by atoms with E-state index < -0.39 is 21.8 Å². The van der Waals surface area contributed by atoms with Gasteiger partial charge in [-0.3, -0.25) is 10.1 Å². The molecule has 0 fully saturated rings. The van der Waals surface area contributed by atoms with E-state index in [4.69, 9.17) is 14.2 Å². The minimum Gasteiger partial charge on any atom is -0.493 e. The van der Waals surface area contributed by atoms with Gasteiger partial charge >= 0.3 is 0 Å². The van der Waals surface area contributed by atoms with Gasteiger partial charge in [0, 0.05) is 17.7 Å². The number of para-hydroxylation sites is 1. The van der Waals surface area contributed by atoms with Gasteiger partial charge < -0.3 is 14.2 Å². The van der Waals surface area contributed by atoms with Crippen molar-refractivity contribution < 1.29 is 27.4 Å². The fraction of sp³-hybridized carbons (Fsp3) is 0.200. The molecular formula is C25H24N2O6S2. The highest BCUT2D eigenvalue weighted by atomic mass is 32.2. The summed E-state index contributed by atoms with van der Waals surface area (Å²) >= 11 is 1.29. The van der Waals surface area contributed by atoms with Crippen molar-refractivity contribution in [2.45, 2.75) is 17.9 Å². The Morgan fingerprint density at radius 1 is 1.00 bits per heavy atom. The zero-order chi connectivity index (χ0) is 25.0. The number of amides is 1. The first-order valence-corrected chi connectivity index (χ1v) is 13.2. The van der Waals surface area contributed by atoms with Gasteiger partial charge in [-0.1, -0.05) is 48.6 Å². The monoisotopic (exact) mass is 512 g/mol. The molecule has 0 saturated heterocycles. The number of hydrogen-bond donors (Lipinski definition) is 1. The van der Waals surface area contributed by atoms with Crippen LogP contribution in [-0.4, -0.2) is 39.3 Å². The van der Waals surface area contributed by atoms with Crippen molar-refractivity contribution in [1.29, 1.82) is 0 Å². The minimum absolute atomic E-state index is 0.00997. The van der Waals surface area contributed by atoms with Crippen LogP contribution in [0.15, 0.2) is 71.6 Å². The molecule has 1 amide bonds. The molecule has 1 aromatic heterocycles. The molecule has 0 saturated carbocycles. The van der Waals surface area contributed by atoms with E-state index in [2.05, 4.69) is 10.3 Å². The van der Waals surface area contributed by atoms with Crippen LogP contribution in [0.1, 0.15) is 18.6 Å². The number of carbonyl (C=O) groups excluding carboxylic acids is 1. The van der Waals surface area contributed by atoms with Gasteiger partial charge in [-0.2, -0.15) is 0 Å². The van der Waals surface area contributed by atoms with E-state index in [1.807, 2.05) is 6.07 Å². The van der Waals surface area contributed by atoms with Crippen LogP contribution in [0.3, 0.4) is 0 Å². The second kappa shape index (κ2) is 10.3. The average Bonchev–Trinajstić information content (AvgIpc) is 3.27. The molecule has 8 nitrogen and oxygen atoms in total. The second-order valence-electron chi connectivity index (χ2n) is 7.47. The van der Waals surface area contributed by atoms with Gasteiger partial charge in [-0.25, -0.2) is 13.4 Å². The third kappa shape index (κ3) is 5.39. The van der Waals surface area contributed by atoms with Crippen LogP contribution in [-0.2, 0) is 14.6 Å². The van der Waals surface area contributed by atoms with E-state index in [9.17, 15) is 13.2 Å². The molecule has 1 unspecified atom stereocenters. The Labute approximate surface area is 207 Å². The smallest absolute Gasteiger partial charge is 0.271 e. The lowest BCUT2D eigenvalue weighted by molar-refractivity contribution is -0.123. The van der Waals surface area contributed by atoms with Crippen molar-refractivity contribution in [2.75, 3.05) is 25.3 Å². The van der Waals surface area contributed by atoms with E-state index >= 15 is 0 Å². The van der Waals surface area contributed by atoms with Crippen LogP contribution in [0.2, 0.25) is 0 Å². The molecule has 10 heteroatoms. The Morgan fingerprint density at radius 3 is 2.29 bits per heavy atom. The molecule has 0 bridgehead atoms. The highest BCUT2D eigenvalue weighted by Crippen LogP contribution is 2.36. The van der Waals surface area contributed by atoms with Gasteiger partial charge in [0.15, 0.2) is 26.5 Å². The minimum atomic E-state index is -3.36. The molecule has 0 spiro atoms. The first kappa shape index (κ1) is 24.5. The van der Waals surface area contributed by atoms with E-state index in [0.717, 1.165) is 4.70 Å². The molecular weight excluding hydrogens is 488 g/mol. The number of benzene rings is 3. The average molecular weight is 513 g/mol. The van der Waals surface area contributed by atoms with Crippen molar-refractivity contribution in [1.82, 2.24) is 4.98 Å². The Kier molecular flexibility index (Phi) is 7.23. The number of ether oxygens (including phenoxy) is 3. The topological polar surface area (TPSA) is 104 Å². The van der Waals surface area contributed by atoms with Gasteiger partial charge in [0.05, 0.1) is 35.1 Å². The van der Waals surface area contributed by atoms with Crippen LogP contribution in [0, 0.1) is 0 Å². The van der Waals surface area contributed by atoms with Gasteiger partial charge in [0.1, 0.15) is 5.75 Å². The lowest BCUT2D eigenvalue weighted by Crippen LogP contribution is -2.25. The Bertz CT molecular complexity index is 1390. The van der Waals surface area contributed by atoms with Crippen molar-refractivity contribution in [3.63, 3.8) is 0 Å². The molecule has 3 aromatic carbocycles. The lowest BCUT2D eigenvalue weighted by Gasteiger charge is -2.19. The third-order valence-corrected chi connectivity index (χ3v) is 7.97. The summed E-state index contributed by atoms with van der Waals surface area (Å²) in [6.07, 6.45) is -1.04. The molecule has 0 aliphatic heterocycles. The largest absolute Gasteiger partial charge is 0.493 e. The number of rotatable bonds is 9. The number of thiazole rings is 1. The summed E-state index contributed by atoms with van der Waals surface area (Å²) in [5, 5.41) is 3.21. The maximum absolute atomic E-state index is 13.3. The number of nitrogens with one attached hydrogen (secondary N) is 1. The molecule has 4 aromatic rings. The SMILES string of the molecule is CCS(=O)(=O)c1ccc(C(Oc2ccccc2)C(=O)Nc2nc3cc(OC)c(OC)cc3s2)cc1. The van der Waals surface area contributed by atoms with E-state index in [-0.39, 0.29) is 10.6 Å². The zero-order valence-electron chi connectivity index (χ0n) is 19.3. The molecule has 4 rings (SSSR count). The highest BCUT2D eigenvalue weighted by molar-refractivity contribution is 7.91. The number of sulfone groups is 1. The molecule has 0 radical (unpaired) electrons. The number of carbonyl (C=O) groups is 1. The molecule has 1 heterocycles. The first-order chi connectivity index (χ1) is 16.8. The molecule has 35 heavy (non-hydrogen) atoms. The number of aromatic nitrogens is 1. The van der Waals surface area contributed by atoms with Crippen LogP contribution >= 0.6 is 11.3 Å². The van der Waals surface area contributed by atoms with Gasteiger partial charge in [-0.15, -0.1) is 0 Å². The summed E-state index contributed by atoms with van der Waals surface area (Å²) < 4.78 is 41.9. The summed E-state index contributed by atoms with van der Waals surface area (Å²) in [7, 11) is -0.270. The van der Waals surface area contributed by atoms with E-state index in [0.29, 0.717) is 33.5 Å². The van der Waals surface area contributed by atoms with Crippen LogP contribution in [0.5, 0.6) is 17.2 Å². The summed E-state index contributed by atoms with van der Waals surface area (Å²) in [5.41, 5.74) is 1.16. The predicted molar refractivity (Wildman–Crippen MR) is 135 cm³/mol. The van der Waals surface area contributed by atoms with Gasteiger partial charge in [0.2, 0.25) is 6.10 Å². The third-order valence-electron chi connectivity index (χ3n) is 5.28. The zero-order valence-corrected chi connectivity index (χ0v) is 21.0. The number of anilines is 1. The predicted octanol–water partition coefficient (Wildman–Crippen LogP) is 4.87. The number of nitrogens with zero attached hydrogens (tertiary/aromatic N) is 1. The van der Waals surface area contributed by atoms with Crippen molar-refractivity contribution in [3.8, 4) is 17.2 Å². The maximum Gasteiger partial charge on any atom is 0.271 e. The Hall–Kier alpha value is -3.63. The standard InChI is InChI=1S/C25H24N2O6S2/c1-4-35(29,30)18-12-10-16(11-13-18)23(33-17-8-6-5-7-9-17)24(28)27-25-26-19-14-20(31-2)21(32-3)15-22(19)34-25/h5-15,23H,4H2,1-3H3,(H,26,27,28). The van der Waals surface area contributed by atoms with E-state index in [1.165, 1.54) is 23.5 Å². The molecule has 1 atom stereocenters. The van der Waals surface area contributed by atoms with Crippen LogP contribution in [0.4, 0.5) is 5.13 Å². The van der Waals surface area contributed by atoms with Gasteiger partial charge in [-0.05, 0) is 24.3 Å². The first-order valence-electron chi connectivity index (χ1n) is 10.7. The van der Waals surface area contributed by atoms with Gasteiger partial charge in [0.25, 0.3) is 5.91 Å². The second-order valence-corrected chi connectivity index (χ2v) is 10.8. The summed E-state index contributed by atoms with van der Waals surface area (Å²) in [6, 6.07) is 18.6. The summed E-state index contributed by atoms with van der Waals surface area (Å²) in [5.74, 6) is 1.14. The summed E-state index contributed by atoms with van der Waals surface area (Å²) in [6.45, 7) is 1.58. The number of fused-ring (bicyclic) bond motifs is 1. The van der Waals surface area contributed by atoms with E-state index in [1.54, 1.807) is 69.7 Å².